The SMILES string of the molecule is CCC=CC(=O)OC(C)CCC. The summed E-state index contributed by atoms with van der Waals surface area (Å²) in [4.78, 5) is 11.0. The van der Waals surface area contributed by atoms with Crippen LogP contribution in [0.15, 0.2) is 12.2 Å². The predicted molar refractivity (Wildman–Crippen MR) is 49.9 cm³/mol. The number of rotatable bonds is 5. The van der Waals surface area contributed by atoms with Crippen molar-refractivity contribution in [3.05, 3.63) is 12.2 Å². The fraction of sp³-hybridized carbons (Fsp3) is 0.700. The molecule has 2 nitrogen and oxygen atoms in total. The number of esters is 1. The van der Waals surface area contributed by atoms with Crippen molar-refractivity contribution >= 4 is 5.97 Å². The Hall–Kier alpha value is -0.790. The fourth-order valence-corrected chi connectivity index (χ4v) is 0.917. The van der Waals surface area contributed by atoms with E-state index >= 15 is 0 Å². The van der Waals surface area contributed by atoms with Gasteiger partial charge < -0.3 is 4.74 Å². The summed E-state index contributed by atoms with van der Waals surface area (Å²) in [5.74, 6) is -0.224. The lowest BCUT2D eigenvalue weighted by Crippen LogP contribution is -2.12. The highest BCUT2D eigenvalue weighted by Gasteiger charge is 2.03. The zero-order valence-corrected chi connectivity index (χ0v) is 8.17. The third-order valence-corrected chi connectivity index (χ3v) is 1.50. The highest BCUT2D eigenvalue weighted by atomic mass is 16.5. The van der Waals surface area contributed by atoms with Crippen LogP contribution >= 0.6 is 0 Å². The standard InChI is InChI=1S/C10H18O2/c1-4-6-8-10(11)12-9(3)7-5-2/h6,8-9H,4-5,7H2,1-3H3. The summed E-state index contributed by atoms with van der Waals surface area (Å²) in [5, 5.41) is 0. The van der Waals surface area contributed by atoms with Crippen molar-refractivity contribution in [2.24, 2.45) is 0 Å². The first-order chi connectivity index (χ1) is 5.70. The molecule has 0 aliphatic carbocycles. The van der Waals surface area contributed by atoms with Crippen LogP contribution in [-0.4, -0.2) is 12.1 Å². The van der Waals surface area contributed by atoms with Crippen molar-refractivity contribution in [2.75, 3.05) is 0 Å². The zero-order valence-electron chi connectivity index (χ0n) is 8.17. The van der Waals surface area contributed by atoms with Gasteiger partial charge in [-0.05, 0) is 19.8 Å². The molecule has 0 spiro atoms. The molecule has 1 unspecified atom stereocenters. The summed E-state index contributed by atoms with van der Waals surface area (Å²) in [5.41, 5.74) is 0. The Balaban J connectivity index is 3.61. The van der Waals surface area contributed by atoms with Gasteiger partial charge in [-0.2, -0.15) is 0 Å². The van der Waals surface area contributed by atoms with Crippen LogP contribution in [0.1, 0.15) is 40.0 Å². The van der Waals surface area contributed by atoms with E-state index in [0.29, 0.717) is 0 Å². The van der Waals surface area contributed by atoms with Gasteiger partial charge in [-0.15, -0.1) is 0 Å². The third-order valence-electron chi connectivity index (χ3n) is 1.50. The minimum atomic E-state index is -0.224. The molecule has 0 heterocycles. The molecule has 0 aromatic carbocycles. The number of hydrogen-bond donors (Lipinski definition) is 0. The van der Waals surface area contributed by atoms with E-state index in [1.807, 2.05) is 13.8 Å². The van der Waals surface area contributed by atoms with Gasteiger partial charge in [0.05, 0.1) is 6.10 Å². The molecule has 0 amide bonds. The molecule has 0 saturated carbocycles. The summed E-state index contributed by atoms with van der Waals surface area (Å²) in [6.45, 7) is 5.98. The summed E-state index contributed by atoms with van der Waals surface area (Å²) >= 11 is 0. The molecule has 0 N–H and O–H groups in total. The van der Waals surface area contributed by atoms with Gasteiger partial charge in [0.1, 0.15) is 0 Å². The first-order valence-electron chi connectivity index (χ1n) is 4.57. The predicted octanol–water partition coefficient (Wildman–Crippen LogP) is 2.68. The van der Waals surface area contributed by atoms with Gasteiger partial charge in [0.2, 0.25) is 0 Å². The second kappa shape index (κ2) is 6.89. The van der Waals surface area contributed by atoms with E-state index in [4.69, 9.17) is 4.74 Å². The molecule has 0 radical (unpaired) electrons. The minimum Gasteiger partial charge on any atom is -0.460 e. The van der Waals surface area contributed by atoms with E-state index < -0.39 is 0 Å². The Morgan fingerprint density at radius 1 is 1.50 bits per heavy atom. The molecule has 12 heavy (non-hydrogen) atoms. The highest BCUT2D eigenvalue weighted by Crippen LogP contribution is 2.01. The van der Waals surface area contributed by atoms with E-state index in [0.717, 1.165) is 19.3 Å². The molecule has 0 aromatic rings. The van der Waals surface area contributed by atoms with Crippen LogP contribution in [0.2, 0.25) is 0 Å². The van der Waals surface area contributed by atoms with Gasteiger partial charge >= 0.3 is 5.97 Å². The number of ether oxygens (including phenoxy) is 1. The van der Waals surface area contributed by atoms with Crippen LogP contribution in [0.3, 0.4) is 0 Å². The molecule has 0 bridgehead atoms. The van der Waals surface area contributed by atoms with Crippen LogP contribution in [0.5, 0.6) is 0 Å². The summed E-state index contributed by atoms with van der Waals surface area (Å²) in [6, 6.07) is 0. The Morgan fingerprint density at radius 3 is 2.67 bits per heavy atom. The van der Waals surface area contributed by atoms with Crippen LogP contribution in [0, 0.1) is 0 Å². The van der Waals surface area contributed by atoms with Gasteiger partial charge in [-0.3, -0.25) is 0 Å². The lowest BCUT2D eigenvalue weighted by molar-refractivity contribution is -0.142. The zero-order chi connectivity index (χ0) is 9.40. The quantitative estimate of drug-likeness (QED) is 0.468. The van der Waals surface area contributed by atoms with Gasteiger partial charge in [-0.1, -0.05) is 26.3 Å². The Labute approximate surface area is 74.6 Å². The molecule has 70 valence electrons. The lowest BCUT2D eigenvalue weighted by atomic mass is 10.2. The molecule has 0 rings (SSSR count). The van der Waals surface area contributed by atoms with E-state index in [1.165, 1.54) is 6.08 Å². The lowest BCUT2D eigenvalue weighted by Gasteiger charge is -2.09. The molecule has 2 heteroatoms. The number of carbonyl (C=O) groups excluding carboxylic acids is 1. The van der Waals surface area contributed by atoms with Crippen LogP contribution < -0.4 is 0 Å². The Kier molecular flexibility index (Phi) is 6.44. The topological polar surface area (TPSA) is 26.3 Å². The molecular weight excluding hydrogens is 152 g/mol. The first kappa shape index (κ1) is 11.2. The van der Waals surface area contributed by atoms with Gasteiger partial charge in [0.15, 0.2) is 0 Å². The summed E-state index contributed by atoms with van der Waals surface area (Å²) in [6.07, 6.45) is 6.20. The second-order valence-corrected chi connectivity index (χ2v) is 2.85. The van der Waals surface area contributed by atoms with Crippen LogP contribution in [-0.2, 0) is 9.53 Å². The highest BCUT2D eigenvalue weighted by molar-refractivity contribution is 5.81. The molecule has 1 atom stereocenters. The van der Waals surface area contributed by atoms with Gasteiger partial charge in [-0.25, -0.2) is 4.79 Å². The third kappa shape index (κ3) is 5.96. The molecule has 0 fully saturated rings. The van der Waals surface area contributed by atoms with Crippen molar-refractivity contribution < 1.29 is 9.53 Å². The Bertz CT molecular complexity index is 150. The molecule has 0 aromatic heterocycles. The van der Waals surface area contributed by atoms with Crippen molar-refractivity contribution in [3.8, 4) is 0 Å². The molecule has 0 aliphatic rings. The second-order valence-electron chi connectivity index (χ2n) is 2.85. The maximum absolute atomic E-state index is 11.0. The van der Waals surface area contributed by atoms with E-state index in [-0.39, 0.29) is 12.1 Å². The average Bonchev–Trinajstić information content (AvgIpc) is 2.01. The number of carbonyl (C=O) groups is 1. The molecule has 0 aliphatic heterocycles. The monoisotopic (exact) mass is 170 g/mol. The van der Waals surface area contributed by atoms with Crippen LogP contribution in [0.4, 0.5) is 0 Å². The molecular formula is C10H18O2. The van der Waals surface area contributed by atoms with E-state index in [9.17, 15) is 4.79 Å². The van der Waals surface area contributed by atoms with Crippen molar-refractivity contribution in [3.63, 3.8) is 0 Å². The summed E-state index contributed by atoms with van der Waals surface area (Å²) in [7, 11) is 0. The maximum Gasteiger partial charge on any atom is 0.330 e. The largest absolute Gasteiger partial charge is 0.460 e. The van der Waals surface area contributed by atoms with Crippen molar-refractivity contribution in [1.29, 1.82) is 0 Å². The van der Waals surface area contributed by atoms with Crippen molar-refractivity contribution in [1.82, 2.24) is 0 Å². The average molecular weight is 170 g/mol. The minimum absolute atomic E-state index is 0.0454. The smallest absolute Gasteiger partial charge is 0.330 e. The number of hydrogen-bond acceptors (Lipinski definition) is 2. The number of allylic oxidation sites excluding steroid dienone is 1. The summed E-state index contributed by atoms with van der Waals surface area (Å²) < 4.78 is 5.07. The van der Waals surface area contributed by atoms with Crippen molar-refractivity contribution in [2.45, 2.75) is 46.1 Å². The van der Waals surface area contributed by atoms with Gasteiger partial charge in [0, 0.05) is 6.08 Å². The van der Waals surface area contributed by atoms with E-state index in [2.05, 4.69) is 6.92 Å². The van der Waals surface area contributed by atoms with Gasteiger partial charge in [0.25, 0.3) is 0 Å². The van der Waals surface area contributed by atoms with E-state index in [1.54, 1.807) is 6.08 Å². The maximum atomic E-state index is 11.0. The normalized spacial score (nSPS) is 13.2. The molecule has 0 saturated heterocycles. The van der Waals surface area contributed by atoms with Crippen LogP contribution in [0.25, 0.3) is 0 Å². The Morgan fingerprint density at radius 2 is 2.17 bits per heavy atom. The fourth-order valence-electron chi connectivity index (χ4n) is 0.917. The first-order valence-corrected chi connectivity index (χ1v) is 4.57.